The first-order chi connectivity index (χ1) is 9.60. The summed E-state index contributed by atoms with van der Waals surface area (Å²) in [5.74, 6) is 2.64. The van der Waals surface area contributed by atoms with Crippen molar-refractivity contribution in [1.29, 1.82) is 0 Å². The van der Waals surface area contributed by atoms with Crippen molar-refractivity contribution in [3.63, 3.8) is 0 Å². The summed E-state index contributed by atoms with van der Waals surface area (Å²) in [6.45, 7) is 10.4. The molecule has 1 heteroatoms. The minimum Gasteiger partial charge on any atom is -0.314 e. The van der Waals surface area contributed by atoms with Crippen LogP contribution in [0.4, 0.5) is 0 Å². The molecule has 1 aromatic carbocycles. The molecule has 0 heterocycles. The molecule has 1 aliphatic rings. The van der Waals surface area contributed by atoms with Gasteiger partial charge in [-0.05, 0) is 56.0 Å². The second-order valence-electron chi connectivity index (χ2n) is 6.89. The number of hydrogen-bond acceptors (Lipinski definition) is 1. The first-order valence-electron chi connectivity index (χ1n) is 8.39. The molecule has 0 spiro atoms. The lowest BCUT2D eigenvalue weighted by Crippen LogP contribution is -2.41. The third kappa shape index (κ3) is 4.09. The Kier molecular flexibility index (Phi) is 5.65. The maximum absolute atomic E-state index is 3.76. The smallest absolute Gasteiger partial charge is 0.0136 e. The van der Waals surface area contributed by atoms with Crippen LogP contribution in [0.15, 0.2) is 24.3 Å². The number of hydrogen-bond donors (Lipinski definition) is 1. The maximum atomic E-state index is 3.76. The summed E-state index contributed by atoms with van der Waals surface area (Å²) in [5, 5.41) is 3.76. The van der Waals surface area contributed by atoms with Gasteiger partial charge in [0.05, 0.1) is 0 Å². The molecule has 112 valence electrons. The molecule has 0 aliphatic heterocycles. The highest BCUT2D eigenvalue weighted by atomic mass is 14.9. The van der Waals surface area contributed by atoms with E-state index in [1.807, 2.05) is 0 Å². The Balaban J connectivity index is 2.03. The number of nitrogens with one attached hydrogen (secondary N) is 1. The molecule has 4 atom stereocenters. The average molecular weight is 273 g/mol. The fourth-order valence-corrected chi connectivity index (χ4v) is 3.72. The minimum absolute atomic E-state index is 0.650. The third-order valence-corrected chi connectivity index (χ3v) is 5.21. The Bertz CT molecular complexity index is 412. The van der Waals surface area contributed by atoms with E-state index >= 15 is 0 Å². The number of rotatable bonds is 5. The van der Waals surface area contributed by atoms with E-state index < -0.39 is 0 Å². The Morgan fingerprint density at radius 1 is 1.20 bits per heavy atom. The highest BCUT2D eigenvalue weighted by Crippen LogP contribution is 2.35. The van der Waals surface area contributed by atoms with Crippen molar-refractivity contribution in [2.24, 2.45) is 17.8 Å². The minimum atomic E-state index is 0.650. The average Bonchev–Trinajstić information content (AvgIpc) is 2.41. The molecule has 0 saturated heterocycles. The number of likely N-dealkylation sites (N-methyl/N-ethyl adjacent to an activating group) is 1. The molecule has 1 N–H and O–H groups in total. The second-order valence-corrected chi connectivity index (χ2v) is 6.89. The maximum Gasteiger partial charge on any atom is 0.0136 e. The van der Waals surface area contributed by atoms with Gasteiger partial charge in [-0.1, -0.05) is 57.0 Å². The van der Waals surface area contributed by atoms with Gasteiger partial charge in [-0.2, -0.15) is 0 Å². The highest BCUT2D eigenvalue weighted by molar-refractivity contribution is 5.23. The van der Waals surface area contributed by atoms with Crippen molar-refractivity contribution in [1.82, 2.24) is 5.32 Å². The first-order valence-corrected chi connectivity index (χ1v) is 8.39. The van der Waals surface area contributed by atoms with Crippen LogP contribution >= 0.6 is 0 Å². The van der Waals surface area contributed by atoms with Gasteiger partial charge in [-0.25, -0.2) is 0 Å². The summed E-state index contributed by atoms with van der Waals surface area (Å²) in [6, 6.07) is 9.66. The fourth-order valence-electron chi connectivity index (χ4n) is 3.72. The normalized spacial score (nSPS) is 28.3. The van der Waals surface area contributed by atoms with Crippen LogP contribution in [0.3, 0.4) is 0 Å². The second kappa shape index (κ2) is 7.26. The largest absolute Gasteiger partial charge is 0.314 e. The van der Waals surface area contributed by atoms with Crippen LogP contribution in [0.5, 0.6) is 0 Å². The molecule has 1 fully saturated rings. The Morgan fingerprint density at radius 3 is 2.65 bits per heavy atom. The fraction of sp³-hybridized carbons (Fsp3) is 0.684. The van der Waals surface area contributed by atoms with Gasteiger partial charge in [-0.15, -0.1) is 0 Å². The Hall–Kier alpha value is -0.820. The lowest BCUT2D eigenvalue weighted by atomic mass is 9.72. The summed E-state index contributed by atoms with van der Waals surface area (Å²) < 4.78 is 0. The summed E-state index contributed by atoms with van der Waals surface area (Å²) in [7, 11) is 0. The summed E-state index contributed by atoms with van der Waals surface area (Å²) >= 11 is 0. The molecule has 20 heavy (non-hydrogen) atoms. The molecular formula is C19H31N. The monoisotopic (exact) mass is 273 g/mol. The van der Waals surface area contributed by atoms with Gasteiger partial charge in [0.15, 0.2) is 0 Å². The molecule has 0 amide bonds. The topological polar surface area (TPSA) is 12.0 Å². The molecule has 0 bridgehead atoms. The van der Waals surface area contributed by atoms with Gasteiger partial charge in [0.1, 0.15) is 0 Å². The van der Waals surface area contributed by atoms with Crippen molar-refractivity contribution in [3.8, 4) is 0 Å². The van der Waals surface area contributed by atoms with Crippen molar-refractivity contribution in [2.45, 2.75) is 59.4 Å². The van der Waals surface area contributed by atoms with E-state index in [-0.39, 0.29) is 0 Å². The van der Waals surface area contributed by atoms with Crippen LogP contribution in [0.25, 0.3) is 0 Å². The number of aryl methyl sites for hydroxylation is 1. The van der Waals surface area contributed by atoms with Crippen molar-refractivity contribution >= 4 is 0 Å². The highest BCUT2D eigenvalue weighted by Gasteiger charge is 2.29. The van der Waals surface area contributed by atoms with E-state index in [2.05, 4.69) is 57.3 Å². The first kappa shape index (κ1) is 15.6. The molecule has 1 aromatic rings. The molecule has 2 rings (SSSR count). The van der Waals surface area contributed by atoms with Crippen LogP contribution in [-0.2, 0) is 6.42 Å². The molecule has 1 aliphatic carbocycles. The number of benzene rings is 1. The van der Waals surface area contributed by atoms with E-state index in [0.29, 0.717) is 6.04 Å². The van der Waals surface area contributed by atoms with Crippen LogP contribution in [-0.4, -0.2) is 12.6 Å². The van der Waals surface area contributed by atoms with Crippen molar-refractivity contribution < 1.29 is 0 Å². The van der Waals surface area contributed by atoms with Crippen LogP contribution in [0, 0.1) is 24.7 Å². The summed E-state index contributed by atoms with van der Waals surface area (Å²) in [5.41, 5.74) is 2.87. The van der Waals surface area contributed by atoms with E-state index in [4.69, 9.17) is 0 Å². The van der Waals surface area contributed by atoms with Gasteiger partial charge in [-0.3, -0.25) is 0 Å². The van der Waals surface area contributed by atoms with Gasteiger partial charge in [0.2, 0.25) is 0 Å². The summed E-state index contributed by atoms with van der Waals surface area (Å²) in [4.78, 5) is 0. The lowest BCUT2D eigenvalue weighted by Gasteiger charge is -2.37. The Labute approximate surface area is 125 Å². The Morgan fingerprint density at radius 2 is 2.00 bits per heavy atom. The molecule has 0 aromatic heterocycles. The van der Waals surface area contributed by atoms with Crippen molar-refractivity contribution in [2.75, 3.05) is 6.54 Å². The van der Waals surface area contributed by atoms with E-state index in [9.17, 15) is 0 Å². The van der Waals surface area contributed by atoms with Gasteiger partial charge in [0, 0.05) is 6.04 Å². The van der Waals surface area contributed by atoms with E-state index in [1.54, 1.807) is 0 Å². The van der Waals surface area contributed by atoms with Crippen LogP contribution in [0.1, 0.15) is 51.2 Å². The van der Waals surface area contributed by atoms with E-state index in [1.165, 1.54) is 36.8 Å². The van der Waals surface area contributed by atoms with Gasteiger partial charge >= 0.3 is 0 Å². The van der Waals surface area contributed by atoms with Gasteiger partial charge in [0.25, 0.3) is 0 Å². The molecule has 1 nitrogen and oxygen atoms in total. The predicted molar refractivity (Wildman–Crippen MR) is 88.0 cm³/mol. The quantitative estimate of drug-likeness (QED) is 0.827. The SMILES string of the molecule is CCNC(Cc1cccc(C)c1)C1CCC(C)C(C)C1. The van der Waals surface area contributed by atoms with Crippen molar-refractivity contribution in [3.05, 3.63) is 35.4 Å². The zero-order chi connectivity index (χ0) is 14.5. The predicted octanol–water partition coefficient (Wildman–Crippen LogP) is 4.59. The zero-order valence-corrected chi connectivity index (χ0v) is 13.7. The molecular weight excluding hydrogens is 242 g/mol. The van der Waals surface area contributed by atoms with Crippen LogP contribution in [0.2, 0.25) is 0 Å². The van der Waals surface area contributed by atoms with Crippen LogP contribution < -0.4 is 5.32 Å². The summed E-state index contributed by atoms with van der Waals surface area (Å²) in [6.07, 6.45) is 5.38. The third-order valence-electron chi connectivity index (χ3n) is 5.21. The lowest BCUT2D eigenvalue weighted by molar-refractivity contribution is 0.171. The molecule has 1 saturated carbocycles. The van der Waals surface area contributed by atoms with Gasteiger partial charge < -0.3 is 5.32 Å². The molecule has 0 radical (unpaired) electrons. The zero-order valence-electron chi connectivity index (χ0n) is 13.7. The molecule has 4 unspecified atom stereocenters. The standard InChI is InChI=1S/C19H31N/c1-5-20-19(13-17-8-6-7-14(2)11-17)18-10-9-15(3)16(4)12-18/h6-8,11,15-16,18-20H,5,9-10,12-13H2,1-4H3. The van der Waals surface area contributed by atoms with E-state index in [0.717, 1.165) is 24.3 Å².